The van der Waals surface area contributed by atoms with E-state index in [0.29, 0.717) is 27.6 Å². The summed E-state index contributed by atoms with van der Waals surface area (Å²) in [5.74, 6) is -0.554. The lowest BCUT2D eigenvalue weighted by Crippen LogP contribution is -2.25. The summed E-state index contributed by atoms with van der Waals surface area (Å²) in [6, 6.07) is 5.46. The van der Waals surface area contributed by atoms with Crippen LogP contribution >= 0.6 is 22.9 Å². The number of carbonyl (C=O) groups is 2. The number of aryl methyl sites for hydroxylation is 1. The minimum atomic E-state index is -0.409. The lowest BCUT2D eigenvalue weighted by atomic mass is 9.95. The van der Waals surface area contributed by atoms with Gasteiger partial charge in [-0.1, -0.05) is 17.7 Å². The van der Waals surface area contributed by atoms with E-state index >= 15 is 0 Å². The van der Waals surface area contributed by atoms with E-state index in [2.05, 4.69) is 15.7 Å². The van der Waals surface area contributed by atoms with E-state index < -0.39 is 5.91 Å². The molecule has 0 aromatic carbocycles. The van der Waals surface area contributed by atoms with Gasteiger partial charge in [-0.3, -0.25) is 9.59 Å². The van der Waals surface area contributed by atoms with E-state index in [1.54, 1.807) is 16.8 Å². The third-order valence-corrected chi connectivity index (χ3v) is 6.24. The van der Waals surface area contributed by atoms with Gasteiger partial charge >= 0.3 is 0 Å². The zero-order valence-corrected chi connectivity index (χ0v) is 16.4. The van der Waals surface area contributed by atoms with Crippen LogP contribution in [0.3, 0.4) is 0 Å². The van der Waals surface area contributed by atoms with Crippen molar-refractivity contribution in [3.05, 3.63) is 51.1 Å². The molecular formula is C19H19ClN4O2S. The molecule has 3 aromatic heterocycles. The van der Waals surface area contributed by atoms with Crippen LogP contribution in [0.5, 0.6) is 0 Å². The topological polar surface area (TPSA) is 75.5 Å². The number of nitrogens with zero attached hydrogens (tertiary/aromatic N) is 2. The van der Waals surface area contributed by atoms with E-state index in [-0.39, 0.29) is 11.6 Å². The van der Waals surface area contributed by atoms with Gasteiger partial charge in [0.25, 0.3) is 11.8 Å². The molecule has 1 aliphatic carbocycles. The Morgan fingerprint density at radius 2 is 2.07 bits per heavy atom. The first-order valence-electron chi connectivity index (χ1n) is 8.97. The maximum atomic E-state index is 12.9. The molecule has 2 amide bonds. The van der Waals surface area contributed by atoms with Crippen LogP contribution in [0.25, 0.3) is 5.52 Å². The molecule has 0 fully saturated rings. The summed E-state index contributed by atoms with van der Waals surface area (Å²) >= 11 is 7.83. The second-order valence-electron chi connectivity index (χ2n) is 6.42. The normalized spacial score (nSPS) is 13.4. The first-order chi connectivity index (χ1) is 13.1. The molecular weight excluding hydrogens is 384 g/mol. The number of pyridine rings is 1. The van der Waals surface area contributed by atoms with Crippen LogP contribution in [-0.2, 0) is 12.8 Å². The lowest BCUT2D eigenvalue weighted by molar-refractivity contribution is 0.0956. The Morgan fingerprint density at radius 3 is 2.85 bits per heavy atom. The predicted octanol–water partition coefficient (Wildman–Crippen LogP) is 3.93. The van der Waals surface area contributed by atoms with Gasteiger partial charge in [0.1, 0.15) is 5.00 Å². The molecule has 2 N–H and O–H groups in total. The molecule has 0 saturated heterocycles. The summed E-state index contributed by atoms with van der Waals surface area (Å²) in [6.45, 7) is 2.42. The van der Waals surface area contributed by atoms with Gasteiger partial charge in [0.2, 0.25) is 0 Å². The van der Waals surface area contributed by atoms with Gasteiger partial charge in [0.15, 0.2) is 5.69 Å². The van der Waals surface area contributed by atoms with Gasteiger partial charge in [-0.05, 0) is 50.3 Å². The van der Waals surface area contributed by atoms with Gasteiger partial charge in [-0.2, -0.15) is 5.10 Å². The molecule has 1 aliphatic rings. The molecule has 0 atom stereocenters. The Hall–Kier alpha value is -2.38. The van der Waals surface area contributed by atoms with Gasteiger partial charge in [0.05, 0.1) is 16.1 Å². The van der Waals surface area contributed by atoms with Crippen molar-refractivity contribution in [1.82, 2.24) is 14.9 Å². The largest absolute Gasteiger partial charge is 0.352 e. The highest BCUT2D eigenvalue weighted by molar-refractivity contribution is 7.17. The Bertz CT molecular complexity index is 1040. The van der Waals surface area contributed by atoms with E-state index in [9.17, 15) is 9.59 Å². The molecule has 0 bridgehead atoms. The Balaban J connectivity index is 1.71. The van der Waals surface area contributed by atoms with Gasteiger partial charge in [0, 0.05) is 17.6 Å². The number of anilines is 1. The van der Waals surface area contributed by atoms with Crippen molar-refractivity contribution in [3.63, 3.8) is 0 Å². The van der Waals surface area contributed by atoms with Crippen LogP contribution in [0.1, 0.15) is 51.1 Å². The molecule has 0 saturated carbocycles. The van der Waals surface area contributed by atoms with E-state index in [1.807, 2.05) is 19.1 Å². The fourth-order valence-electron chi connectivity index (χ4n) is 3.42. The number of fused-ring (bicyclic) bond motifs is 2. The Labute approximate surface area is 165 Å². The Morgan fingerprint density at radius 1 is 1.26 bits per heavy atom. The molecule has 4 rings (SSSR count). The molecule has 140 valence electrons. The van der Waals surface area contributed by atoms with Crippen molar-refractivity contribution >= 4 is 45.3 Å². The molecule has 6 nitrogen and oxygen atoms in total. The molecule has 8 heteroatoms. The number of rotatable bonds is 4. The van der Waals surface area contributed by atoms with E-state index in [1.165, 1.54) is 16.2 Å². The third kappa shape index (κ3) is 3.21. The lowest BCUT2D eigenvalue weighted by Gasteiger charge is -2.12. The van der Waals surface area contributed by atoms with E-state index in [0.717, 1.165) is 31.2 Å². The standard InChI is InChI=1S/C19H19ClN4O2S/c1-2-21-17(25)14-11-7-3-4-9-13(11)27-19(14)22-18(26)16-15(20)12-8-5-6-10-24(12)23-16/h5-6,8,10H,2-4,7,9H2,1H3,(H,21,25)(H,22,26). The van der Waals surface area contributed by atoms with Crippen LogP contribution < -0.4 is 10.6 Å². The molecule has 27 heavy (non-hydrogen) atoms. The zero-order valence-electron chi connectivity index (χ0n) is 14.8. The summed E-state index contributed by atoms with van der Waals surface area (Å²) in [7, 11) is 0. The minimum Gasteiger partial charge on any atom is -0.352 e. The Kier molecular flexibility index (Phi) is 4.88. The number of hydrogen-bond donors (Lipinski definition) is 2. The molecule has 0 aliphatic heterocycles. The maximum absolute atomic E-state index is 12.9. The number of amides is 2. The average molecular weight is 403 g/mol. The first-order valence-corrected chi connectivity index (χ1v) is 10.2. The van der Waals surface area contributed by atoms with Crippen molar-refractivity contribution < 1.29 is 9.59 Å². The van der Waals surface area contributed by atoms with Crippen LogP contribution in [-0.4, -0.2) is 28.0 Å². The van der Waals surface area contributed by atoms with Gasteiger partial charge in [-0.25, -0.2) is 4.52 Å². The van der Waals surface area contributed by atoms with Gasteiger partial charge in [-0.15, -0.1) is 11.3 Å². The molecule has 3 aromatic rings. The number of carbonyl (C=O) groups excluding carboxylic acids is 2. The average Bonchev–Trinajstić information content (AvgIpc) is 3.20. The molecule has 3 heterocycles. The fourth-order valence-corrected chi connectivity index (χ4v) is 4.97. The predicted molar refractivity (Wildman–Crippen MR) is 107 cm³/mol. The summed E-state index contributed by atoms with van der Waals surface area (Å²) < 4.78 is 1.57. The SMILES string of the molecule is CCNC(=O)c1c(NC(=O)c2nn3ccccc3c2Cl)sc2c1CCCC2. The number of thiophene rings is 1. The van der Waals surface area contributed by atoms with Crippen LogP contribution in [0.15, 0.2) is 24.4 Å². The van der Waals surface area contributed by atoms with Gasteiger partial charge < -0.3 is 10.6 Å². The quantitative estimate of drug-likeness (QED) is 0.694. The van der Waals surface area contributed by atoms with Crippen LogP contribution in [0.4, 0.5) is 5.00 Å². The number of aromatic nitrogens is 2. The highest BCUT2D eigenvalue weighted by Gasteiger charge is 2.27. The first kappa shape index (κ1) is 18.0. The monoisotopic (exact) mass is 402 g/mol. The zero-order chi connectivity index (χ0) is 19.0. The van der Waals surface area contributed by atoms with Crippen molar-refractivity contribution in [2.45, 2.75) is 32.6 Å². The maximum Gasteiger partial charge on any atom is 0.278 e. The van der Waals surface area contributed by atoms with Crippen molar-refractivity contribution in [2.75, 3.05) is 11.9 Å². The fraction of sp³-hybridized carbons (Fsp3) is 0.316. The summed E-state index contributed by atoms with van der Waals surface area (Å²) in [6.07, 6.45) is 5.71. The number of nitrogens with one attached hydrogen (secondary N) is 2. The second-order valence-corrected chi connectivity index (χ2v) is 7.90. The van der Waals surface area contributed by atoms with E-state index in [4.69, 9.17) is 11.6 Å². The molecule has 0 spiro atoms. The molecule has 0 radical (unpaired) electrons. The summed E-state index contributed by atoms with van der Waals surface area (Å²) in [4.78, 5) is 26.7. The smallest absolute Gasteiger partial charge is 0.278 e. The third-order valence-electron chi connectivity index (χ3n) is 4.66. The van der Waals surface area contributed by atoms with Crippen molar-refractivity contribution in [3.8, 4) is 0 Å². The number of halogens is 1. The summed E-state index contributed by atoms with van der Waals surface area (Å²) in [5.41, 5.74) is 2.47. The van der Waals surface area contributed by atoms with Crippen LogP contribution in [0, 0.1) is 0 Å². The van der Waals surface area contributed by atoms with Crippen molar-refractivity contribution in [1.29, 1.82) is 0 Å². The minimum absolute atomic E-state index is 0.145. The molecule has 0 unspecified atom stereocenters. The highest BCUT2D eigenvalue weighted by Crippen LogP contribution is 2.38. The highest BCUT2D eigenvalue weighted by atomic mass is 35.5. The number of hydrogen-bond acceptors (Lipinski definition) is 4. The summed E-state index contributed by atoms with van der Waals surface area (Å²) in [5, 5.41) is 10.9. The van der Waals surface area contributed by atoms with Crippen LogP contribution in [0.2, 0.25) is 5.02 Å². The second kappa shape index (κ2) is 7.32. The van der Waals surface area contributed by atoms with Crippen molar-refractivity contribution in [2.24, 2.45) is 0 Å².